The van der Waals surface area contributed by atoms with Gasteiger partial charge in [-0.25, -0.2) is 8.42 Å². The van der Waals surface area contributed by atoms with Crippen LogP contribution in [0.15, 0.2) is 35.4 Å². The molecule has 2 heterocycles. The highest BCUT2D eigenvalue weighted by atomic mass is 35.5. The number of rotatable bonds is 5. The zero-order valence-corrected chi connectivity index (χ0v) is 16.1. The summed E-state index contributed by atoms with van der Waals surface area (Å²) in [6, 6.07) is 7.78. The van der Waals surface area contributed by atoms with Crippen molar-refractivity contribution < 1.29 is 8.42 Å². The van der Waals surface area contributed by atoms with Gasteiger partial charge in [0, 0.05) is 50.5 Å². The lowest BCUT2D eigenvalue weighted by molar-refractivity contribution is 0.181. The summed E-state index contributed by atoms with van der Waals surface area (Å²) >= 11 is 5.91. The second-order valence-electron chi connectivity index (χ2n) is 6.24. The van der Waals surface area contributed by atoms with Crippen LogP contribution in [0.2, 0.25) is 5.02 Å². The Morgan fingerprint density at radius 3 is 2.32 bits per heavy atom. The molecule has 25 heavy (non-hydrogen) atoms. The van der Waals surface area contributed by atoms with E-state index in [1.807, 2.05) is 31.2 Å². The lowest BCUT2D eigenvalue weighted by Crippen LogP contribution is -2.48. The fourth-order valence-corrected chi connectivity index (χ4v) is 4.75. The molecule has 2 aromatic rings. The smallest absolute Gasteiger partial charge is 0.246 e. The zero-order chi connectivity index (χ0) is 18.0. The SMILES string of the molecule is CCn1cc(S(=O)(=O)N2CCN(Cc3ccc(Cl)cc3)CC2)c(C)n1. The summed E-state index contributed by atoms with van der Waals surface area (Å²) in [4.78, 5) is 2.58. The molecular weight excluding hydrogens is 360 g/mol. The number of aromatic nitrogens is 2. The number of hydrogen-bond acceptors (Lipinski definition) is 4. The summed E-state index contributed by atoms with van der Waals surface area (Å²) < 4.78 is 29.0. The van der Waals surface area contributed by atoms with Gasteiger partial charge < -0.3 is 0 Å². The van der Waals surface area contributed by atoms with E-state index in [4.69, 9.17) is 11.6 Å². The highest BCUT2D eigenvalue weighted by Gasteiger charge is 2.31. The van der Waals surface area contributed by atoms with E-state index in [1.54, 1.807) is 22.1 Å². The van der Waals surface area contributed by atoms with Gasteiger partial charge in [-0.05, 0) is 31.5 Å². The monoisotopic (exact) mass is 382 g/mol. The summed E-state index contributed by atoms with van der Waals surface area (Å²) in [5.74, 6) is 0. The Kier molecular flexibility index (Phi) is 5.48. The molecule has 1 aliphatic heterocycles. The van der Waals surface area contributed by atoms with E-state index in [-0.39, 0.29) is 0 Å². The van der Waals surface area contributed by atoms with Gasteiger partial charge in [0.05, 0.1) is 5.69 Å². The molecule has 0 N–H and O–H groups in total. The lowest BCUT2D eigenvalue weighted by atomic mass is 10.2. The second kappa shape index (κ2) is 7.45. The van der Waals surface area contributed by atoms with Crippen molar-refractivity contribution in [3.05, 3.63) is 46.7 Å². The first kappa shape index (κ1) is 18.4. The molecule has 0 aliphatic carbocycles. The summed E-state index contributed by atoms with van der Waals surface area (Å²) in [6.45, 7) is 7.56. The van der Waals surface area contributed by atoms with Crippen molar-refractivity contribution in [3.63, 3.8) is 0 Å². The van der Waals surface area contributed by atoms with Crippen molar-refractivity contribution in [2.24, 2.45) is 0 Å². The molecule has 8 heteroatoms. The Balaban J connectivity index is 1.64. The first-order valence-electron chi connectivity index (χ1n) is 8.41. The van der Waals surface area contributed by atoms with Crippen LogP contribution in [0.5, 0.6) is 0 Å². The number of hydrogen-bond donors (Lipinski definition) is 0. The fraction of sp³-hybridized carbons (Fsp3) is 0.471. The molecule has 3 rings (SSSR count). The Labute approximate surface area is 154 Å². The molecular formula is C17H23ClN4O2S. The molecule has 1 aromatic heterocycles. The average Bonchev–Trinajstić information content (AvgIpc) is 2.99. The molecule has 1 aliphatic rings. The summed E-state index contributed by atoms with van der Waals surface area (Å²) in [5.41, 5.74) is 1.74. The molecule has 0 atom stereocenters. The second-order valence-corrected chi connectivity index (χ2v) is 8.58. The summed E-state index contributed by atoms with van der Waals surface area (Å²) in [6.07, 6.45) is 1.63. The van der Waals surface area contributed by atoms with Crippen molar-refractivity contribution in [2.45, 2.75) is 31.8 Å². The Bertz CT molecular complexity index is 825. The van der Waals surface area contributed by atoms with Gasteiger partial charge in [0.2, 0.25) is 10.0 Å². The largest absolute Gasteiger partial charge is 0.296 e. The van der Waals surface area contributed by atoms with Crippen LogP contribution in [-0.2, 0) is 23.1 Å². The molecule has 136 valence electrons. The van der Waals surface area contributed by atoms with Gasteiger partial charge in [0.1, 0.15) is 4.90 Å². The van der Waals surface area contributed by atoms with Crippen molar-refractivity contribution in [3.8, 4) is 0 Å². The molecule has 0 spiro atoms. The van der Waals surface area contributed by atoms with Crippen LogP contribution < -0.4 is 0 Å². The van der Waals surface area contributed by atoms with Crippen LogP contribution in [0.3, 0.4) is 0 Å². The van der Waals surface area contributed by atoms with E-state index in [0.717, 1.165) is 11.6 Å². The standard InChI is InChI=1S/C17H23ClN4O2S/c1-3-21-13-17(14(2)19-21)25(23,24)22-10-8-20(9-11-22)12-15-4-6-16(18)7-5-15/h4-7,13H,3,8-12H2,1-2H3. The first-order chi connectivity index (χ1) is 11.9. The maximum absolute atomic E-state index is 12.9. The van der Waals surface area contributed by atoms with Gasteiger partial charge in [0.15, 0.2) is 0 Å². The Morgan fingerprint density at radius 1 is 1.12 bits per heavy atom. The Morgan fingerprint density at radius 2 is 1.76 bits per heavy atom. The average molecular weight is 383 g/mol. The van der Waals surface area contributed by atoms with Gasteiger partial charge in [-0.3, -0.25) is 9.58 Å². The van der Waals surface area contributed by atoms with Gasteiger partial charge in [-0.15, -0.1) is 0 Å². The van der Waals surface area contributed by atoms with Gasteiger partial charge in [-0.2, -0.15) is 9.40 Å². The minimum Gasteiger partial charge on any atom is -0.296 e. The van der Waals surface area contributed by atoms with E-state index >= 15 is 0 Å². The molecule has 6 nitrogen and oxygen atoms in total. The van der Waals surface area contributed by atoms with E-state index in [9.17, 15) is 8.42 Å². The van der Waals surface area contributed by atoms with E-state index in [1.165, 1.54) is 5.56 Å². The van der Waals surface area contributed by atoms with Crippen molar-refractivity contribution in [1.29, 1.82) is 0 Å². The van der Waals surface area contributed by atoms with Gasteiger partial charge >= 0.3 is 0 Å². The Hall–Kier alpha value is -1.41. The topological polar surface area (TPSA) is 58.4 Å². The molecule has 0 radical (unpaired) electrons. The number of halogens is 1. The molecule has 1 saturated heterocycles. The minimum absolute atomic E-state index is 0.320. The van der Waals surface area contributed by atoms with Crippen molar-refractivity contribution in [2.75, 3.05) is 26.2 Å². The number of sulfonamides is 1. The van der Waals surface area contributed by atoms with Crippen LogP contribution in [0, 0.1) is 6.92 Å². The highest BCUT2D eigenvalue weighted by molar-refractivity contribution is 7.89. The van der Waals surface area contributed by atoms with E-state index in [2.05, 4.69) is 10.00 Å². The molecule has 0 bridgehead atoms. The van der Waals surface area contributed by atoms with Crippen molar-refractivity contribution >= 4 is 21.6 Å². The van der Waals surface area contributed by atoms with Crippen LogP contribution in [0.1, 0.15) is 18.2 Å². The van der Waals surface area contributed by atoms with Gasteiger partial charge in [-0.1, -0.05) is 23.7 Å². The van der Waals surface area contributed by atoms with E-state index < -0.39 is 10.0 Å². The fourth-order valence-electron chi connectivity index (χ4n) is 3.03. The minimum atomic E-state index is -3.48. The summed E-state index contributed by atoms with van der Waals surface area (Å²) in [5, 5.41) is 4.98. The highest BCUT2D eigenvalue weighted by Crippen LogP contribution is 2.21. The third kappa shape index (κ3) is 4.06. The predicted octanol–water partition coefficient (Wildman–Crippen LogP) is 2.37. The molecule has 0 saturated carbocycles. The maximum Gasteiger partial charge on any atom is 0.246 e. The van der Waals surface area contributed by atoms with Crippen LogP contribution in [0.4, 0.5) is 0 Å². The third-order valence-corrected chi connectivity index (χ3v) is 6.75. The van der Waals surface area contributed by atoms with Crippen LogP contribution in [-0.4, -0.2) is 53.6 Å². The van der Waals surface area contributed by atoms with Gasteiger partial charge in [0.25, 0.3) is 0 Å². The van der Waals surface area contributed by atoms with Crippen LogP contribution in [0.25, 0.3) is 0 Å². The normalized spacial score (nSPS) is 17.1. The first-order valence-corrected chi connectivity index (χ1v) is 10.2. The predicted molar refractivity (Wildman–Crippen MR) is 98.1 cm³/mol. The molecule has 0 unspecified atom stereocenters. The van der Waals surface area contributed by atoms with E-state index in [0.29, 0.717) is 43.3 Å². The number of piperazine rings is 1. The zero-order valence-electron chi connectivity index (χ0n) is 14.5. The number of benzene rings is 1. The molecule has 0 amide bonds. The number of aryl methyl sites for hydroxylation is 2. The lowest BCUT2D eigenvalue weighted by Gasteiger charge is -2.33. The van der Waals surface area contributed by atoms with Crippen molar-refractivity contribution in [1.82, 2.24) is 19.0 Å². The molecule has 1 fully saturated rings. The van der Waals surface area contributed by atoms with Crippen LogP contribution >= 0.6 is 11.6 Å². The quantitative estimate of drug-likeness (QED) is 0.796. The maximum atomic E-state index is 12.9. The summed E-state index contributed by atoms with van der Waals surface area (Å²) in [7, 11) is -3.48. The number of nitrogens with zero attached hydrogens (tertiary/aromatic N) is 4. The molecule has 1 aromatic carbocycles. The third-order valence-electron chi connectivity index (χ3n) is 4.49.